The molecule has 2 amide bonds. The Kier molecular flexibility index (Phi) is 7.80. The molecule has 3 aromatic rings. The van der Waals surface area contributed by atoms with Gasteiger partial charge in [-0.1, -0.05) is 12.1 Å². The summed E-state index contributed by atoms with van der Waals surface area (Å²) < 4.78 is 12.5. The Morgan fingerprint density at radius 1 is 1.08 bits per heavy atom. The van der Waals surface area contributed by atoms with Gasteiger partial charge in [0, 0.05) is 36.8 Å². The maximum Gasteiger partial charge on any atom is 0.326 e. The molecule has 0 spiro atoms. The van der Waals surface area contributed by atoms with Crippen molar-refractivity contribution in [2.75, 3.05) is 50.6 Å². The summed E-state index contributed by atoms with van der Waals surface area (Å²) in [5, 5.41) is 5.98. The number of nitrogens with one attached hydrogen (secondary N) is 3. The van der Waals surface area contributed by atoms with E-state index in [1.807, 2.05) is 37.3 Å². The number of anilines is 2. The van der Waals surface area contributed by atoms with Gasteiger partial charge in [0.15, 0.2) is 0 Å². The fraction of sp³-hybridized carbons (Fsp3) is 0.464. The van der Waals surface area contributed by atoms with Gasteiger partial charge >= 0.3 is 5.69 Å². The molecule has 3 N–H and O–H groups in total. The topological polar surface area (TPSA) is 118 Å². The number of hydrogen-bond donors (Lipinski definition) is 3. The summed E-state index contributed by atoms with van der Waals surface area (Å²) in [4.78, 5) is 43.6. The number of para-hydroxylation sites is 1. The number of carbonyl (C=O) groups is 2. The fourth-order valence-electron chi connectivity index (χ4n) is 5.51. The van der Waals surface area contributed by atoms with Gasteiger partial charge in [0.05, 0.1) is 43.6 Å². The lowest BCUT2D eigenvalue weighted by molar-refractivity contribution is -0.121. The van der Waals surface area contributed by atoms with Crippen LogP contribution in [-0.4, -0.2) is 66.2 Å². The number of aromatic amines is 1. The van der Waals surface area contributed by atoms with E-state index in [0.29, 0.717) is 37.3 Å². The summed E-state index contributed by atoms with van der Waals surface area (Å²) in [5.74, 6) is 0.493. The fourth-order valence-corrected chi connectivity index (χ4v) is 5.51. The highest BCUT2D eigenvalue weighted by Crippen LogP contribution is 2.35. The number of rotatable bonds is 7. The average molecular weight is 522 g/mol. The Morgan fingerprint density at radius 2 is 1.84 bits per heavy atom. The lowest BCUT2D eigenvalue weighted by Crippen LogP contribution is -2.41. The number of amides is 2. The Bertz CT molecular complexity index is 1370. The minimum absolute atomic E-state index is 0.00843. The molecule has 1 aliphatic heterocycles. The molecular weight excluding hydrogens is 486 g/mol. The van der Waals surface area contributed by atoms with Gasteiger partial charge in [-0.2, -0.15) is 0 Å². The number of benzene rings is 2. The van der Waals surface area contributed by atoms with Crippen LogP contribution in [0.1, 0.15) is 37.3 Å². The Morgan fingerprint density at radius 3 is 2.58 bits per heavy atom. The molecule has 202 valence electrons. The van der Waals surface area contributed by atoms with Gasteiger partial charge < -0.3 is 25.1 Å². The zero-order valence-corrected chi connectivity index (χ0v) is 21.9. The molecule has 10 nitrogen and oxygen atoms in total. The molecule has 1 saturated carbocycles. The number of ether oxygens (including phenoxy) is 2. The van der Waals surface area contributed by atoms with Gasteiger partial charge in [-0.15, -0.1) is 0 Å². The van der Waals surface area contributed by atoms with Crippen molar-refractivity contribution in [3.8, 4) is 5.75 Å². The summed E-state index contributed by atoms with van der Waals surface area (Å²) in [7, 11) is 1.62. The number of H-pyrrole nitrogens is 1. The first kappa shape index (κ1) is 26.0. The second-order valence-electron chi connectivity index (χ2n) is 10.1. The largest absolute Gasteiger partial charge is 0.496 e. The second-order valence-corrected chi connectivity index (χ2v) is 10.1. The number of morpholine rings is 1. The third-order valence-corrected chi connectivity index (χ3v) is 7.61. The van der Waals surface area contributed by atoms with E-state index < -0.39 is 0 Å². The van der Waals surface area contributed by atoms with Crippen LogP contribution in [0.3, 0.4) is 0 Å². The molecule has 2 aromatic carbocycles. The van der Waals surface area contributed by atoms with Crippen LogP contribution in [0.15, 0.2) is 41.2 Å². The highest BCUT2D eigenvalue weighted by molar-refractivity contribution is 6.00. The number of aryl methyl sites for hydroxylation is 1. The van der Waals surface area contributed by atoms with Crippen LogP contribution in [0, 0.1) is 12.8 Å². The van der Waals surface area contributed by atoms with E-state index in [0.717, 1.165) is 48.4 Å². The zero-order valence-electron chi connectivity index (χ0n) is 21.9. The van der Waals surface area contributed by atoms with Gasteiger partial charge in [-0.25, -0.2) is 4.79 Å². The molecule has 0 bridgehead atoms. The minimum Gasteiger partial charge on any atom is -0.496 e. The van der Waals surface area contributed by atoms with E-state index in [-0.39, 0.29) is 36.0 Å². The Labute approximate surface area is 221 Å². The van der Waals surface area contributed by atoms with Crippen LogP contribution in [0.2, 0.25) is 0 Å². The van der Waals surface area contributed by atoms with Crippen molar-refractivity contribution in [3.63, 3.8) is 0 Å². The monoisotopic (exact) mass is 521 g/mol. The van der Waals surface area contributed by atoms with Crippen LogP contribution in [0.25, 0.3) is 11.0 Å². The van der Waals surface area contributed by atoms with Crippen LogP contribution in [-0.2, 0) is 14.3 Å². The minimum atomic E-state index is -0.200. The molecule has 38 heavy (non-hydrogen) atoms. The smallest absolute Gasteiger partial charge is 0.326 e. The number of imidazole rings is 1. The standard InChI is InChI=1S/C28H35N5O5/c1-18-6-9-20(16-24(18)37-2)29-27(35)19-7-10-21(11-8-19)33-23-5-3-4-22(26(23)31-28(33)36)30-25(34)17-32-12-14-38-15-13-32/h3-6,9,16,19,21H,7-8,10-15,17H2,1-2H3,(H,29,35)(H,30,34)(H,31,36). The van der Waals surface area contributed by atoms with Crippen molar-refractivity contribution in [1.29, 1.82) is 0 Å². The first-order valence-corrected chi connectivity index (χ1v) is 13.2. The van der Waals surface area contributed by atoms with Gasteiger partial charge in [0.1, 0.15) is 5.75 Å². The highest BCUT2D eigenvalue weighted by Gasteiger charge is 2.29. The van der Waals surface area contributed by atoms with E-state index in [1.165, 1.54) is 0 Å². The Balaban J connectivity index is 1.24. The molecule has 2 fully saturated rings. The molecule has 10 heteroatoms. The lowest BCUT2D eigenvalue weighted by Gasteiger charge is -2.28. The summed E-state index contributed by atoms with van der Waals surface area (Å²) in [6.45, 7) is 4.95. The third kappa shape index (κ3) is 5.61. The van der Waals surface area contributed by atoms with Crippen LogP contribution >= 0.6 is 0 Å². The van der Waals surface area contributed by atoms with E-state index in [2.05, 4.69) is 20.5 Å². The van der Waals surface area contributed by atoms with Crippen molar-refractivity contribution in [3.05, 3.63) is 52.4 Å². The number of nitrogens with zero attached hydrogens (tertiary/aromatic N) is 2. The number of fused-ring (bicyclic) bond motifs is 1. The van der Waals surface area contributed by atoms with Gasteiger partial charge in [0.2, 0.25) is 11.8 Å². The molecule has 5 rings (SSSR count). The van der Waals surface area contributed by atoms with Gasteiger partial charge in [-0.3, -0.25) is 19.1 Å². The van der Waals surface area contributed by atoms with E-state index >= 15 is 0 Å². The number of methoxy groups -OCH3 is 1. The van der Waals surface area contributed by atoms with E-state index in [1.54, 1.807) is 17.7 Å². The SMILES string of the molecule is COc1cc(NC(=O)C2CCC(n3c(=O)[nH]c4c(NC(=O)CN5CCOCC5)cccc43)CC2)ccc1C. The van der Waals surface area contributed by atoms with Gasteiger partial charge in [0.25, 0.3) is 0 Å². The summed E-state index contributed by atoms with van der Waals surface area (Å²) in [6, 6.07) is 11.2. The predicted octanol–water partition coefficient (Wildman–Crippen LogP) is 3.29. The van der Waals surface area contributed by atoms with Crippen molar-refractivity contribution in [1.82, 2.24) is 14.5 Å². The van der Waals surface area contributed by atoms with Crippen molar-refractivity contribution in [2.45, 2.75) is 38.6 Å². The predicted molar refractivity (Wildman–Crippen MR) is 146 cm³/mol. The average Bonchev–Trinajstić information content (AvgIpc) is 3.27. The molecule has 0 radical (unpaired) electrons. The molecule has 0 atom stereocenters. The van der Waals surface area contributed by atoms with E-state index in [4.69, 9.17) is 9.47 Å². The normalized spacial score (nSPS) is 20.3. The summed E-state index contributed by atoms with van der Waals surface area (Å²) in [5.41, 5.74) is 3.51. The molecule has 1 aromatic heterocycles. The molecular formula is C28H35N5O5. The second kappa shape index (κ2) is 11.4. The Hall–Kier alpha value is -3.63. The number of hydrogen-bond acceptors (Lipinski definition) is 6. The molecule has 1 aliphatic carbocycles. The van der Waals surface area contributed by atoms with Crippen molar-refractivity contribution >= 4 is 34.2 Å². The molecule has 2 heterocycles. The first-order chi connectivity index (χ1) is 18.4. The highest BCUT2D eigenvalue weighted by atomic mass is 16.5. The zero-order chi connectivity index (χ0) is 26.6. The quantitative estimate of drug-likeness (QED) is 0.439. The molecule has 0 unspecified atom stereocenters. The molecule has 2 aliphatic rings. The number of carbonyl (C=O) groups excluding carboxylic acids is 2. The summed E-state index contributed by atoms with van der Waals surface area (Å²) >= 11 is 0. The summed E-state index contributed by atoms with van der Waals surface area (Å²) in [6.07, 6.45) is 2.81. The van der Waals surface area contributed by atoms with Crippen LogP contribution < -0.4 is 21.1 Å². The van der Waals surface area contributed by atoms with Gasteiger partial charge in [-0.05, 0) is 56.4 Å². The lowest BCUT2D eigenvalue weighted by atomic mass is 9.85. The van der Waals surface area contributed by atoms with E-state index in [9.17, 15) is 14.4 Å². The number of aromatic nitrogens is 2. The maximum atomic E-state index is 13.0. The van der Waals surface area contributed by atoms with Crippen molar-refractivity contribution in [2.24, 2.45) is 5.92 Å². The van der Waals surface area contributed by atoms with Crippen LogP contribution in [0.4, 0.5) is 11.4 Å². The third-order valence-electron chi connectivity index (χ3n) is 7.61. The van der Waals surface area contributed by atoms with Crippen molar-refractivity contribution < 1.29 is 19.1 Å². The molecule has 1 saturated heterocycles. The van der Waals surface area contributed by atoms with Crippen LogP contribution in [0.5, 0.6) is 5.75 Å². The first-order valence-electron chi connectivity index (χ1n) is 13.2. The maximum absolute atomic E-state index is 13.0.